The summed E-state index contributed by atoms with van der Waals surface area (Å²) in [6.45, 7) is 3.79. The Morgan fingerprint density at radius 3 is 1.64 bits per heavy atom. The summed E-state index contributed by atoms with van der Waals surface area (Å²) < 4.78 is 10.5. The molecule has 0 aromatic rings. The molecular weight excluding hydrogens is 664 g/mol. The predicted molar refractivity (Wildman–Crippen MR) is 222 cm³/mol. The monoisotopic (exact) mass is 743 g/mol. The molecule has 7 nitrogen and oxygen atoms in total. The molecule has 0 spiro atoms. The van der Waals surface area contributed by atoms with Crippen LogP contribution >= 0.6 is 0 Å². The van der Waals surface area contributed by atoms with Crippen molar-refractivity contribution >= 4 is 11.9 Å². The van der Waals surface area contributed by atoms with Crippen LogP contribution in [-0.2, 0) is 19.1 Å². The summed E-state index contributed by atoms with van der Waals surface area (Å²) in [6.07, 6.45) is 47.5. The number of aliphatic hydroxyl groups excluding tert-OH is 3. The number of allylic oxidation sites excluding steroid dienone is 8. The summed E-state index contributed by atoms with van der Waals surface area (Å²) in [6, 6.07) is 0. The summed E-state index contributed by atoms with van der Waals surface area (Å²) in [5, 5.41) is 29.4. The molecule has 0 radical (unpaired) electrons. The number of carbonyl (C=O) groups is 2. The van der Waals surface area contributed by atoms with Crippen molar-refractivity contribution in [1.29, 1.82) is 0 Å². The lowest BCUT2D eigenvalue weighted by Crippen LogP contribution is -2.28. The minimum absolute atomic E-state index is 0.137. The number of unbranched alkanes of at least 4 members (excludes halogenated alkanes) is 18. The molecule has 3 atom stereocenters. The second-order valence-corrected chi connectivity index (χ2v) is 14.1. The second kappa shape index (κ2) is 40.4. The van der Waals surface area contributed by atoms with Crippen molar-refractivity contribution in [3.63, 3.8) is 0 Å². The van der Waals surface area contributed by atoms with Crippen LogP contribution in [0.15, 0.2) is 72.9 Å². The predicted octanol–water partition coefficient (Wildman–Crippen LogP) is 11.3. The number of hydrogen-bond donors (Lipinski definition) is 3. The fraction of sp³-hybridized carbons (Fsp3) is 0.696. The Labute approximate surface area is 324 Å². The maximum Gasteiger partial charge on any atom is 0.306 e. The first kappa shape index (κ1) is 50.3. The number of esters is 2. The molecule has 0 aromatic carbocycles. The normalized spacial score (nSPS) is 14.1. The molecule has 0 bridgehead atoms. The van der Waals surface area contributed by atoms with E-state index < -0.39 is 30.9 Å². The fourth-order valence-electron chi connectivity index (χ4n) is 5.71. The van der Waals surface area contributed by atoms with Gasteiger partial charge < -0.3 is 24.8 Å². The molecule has 53 heavy (non-hydrogen) atoms. The Morgan fingerprint density at radius 2 is 1.09 bits per heavy atom. The highest BCUT2D eigenvalue weighted by atomic mass is 16.6. The van der Waals surface area contributed by atoms with Gasteiger partial charge in [0.25, 0.3) is 0 Å². The molecular formula is C46H78O7. The van der Waals surface area contributed by atoms with E-state index in [1.165, 1.54) is 96.3 Å². The molecule has 0 aliphatic rings. The van der Waals surface area contributed by atoms with Gasteiger partial charge in [-0.05, 0) is 38.5 Å². The molecule has 0 aromatic heterocycles. The quantitative estimate of drug-likeness (QED) is 0.0251. The van der Waals surface area contributed by atoms with Crippen LogP contribution in [0.2, 0.25) is 0 Å². The van der Waals surface area contributed by atoms with E-state index in [0.29, 0.717) is 25.7 Å². The van der Waals surface area contributed by atoms with Gasteiger partial charge >= 0.3 is 11.9 Å². The van der Waals surface area contributed by atoms with Crippen molar-refractivity contribution in [2.75, 3.05) is 13.2 Å². The first-order valence-electron chi connectivity index (χ1n) is 21.2. The maximum atomic E-state index is 12.2. The average molecular weight is 743 g/mol. The van der Waals surface area contributed by atoms with E-state index in [2.05, 4.69) is 13.8 Å². The highest BCUT2D eigenvalue weighted by Crippen LogP contribution is 2.15. The van der Waals surface area contributed by atoms with Gasteiger partial charge in [0, 0.05) is 12.8 Å². The molecule has 0 fully saturated rings. The third kappa shape index (κ3) is 38.8. The van der Waals surface area contributed by atoms with Crippen LogP contribution in [-0.4, -0.2) is 58.8 Å². The van der Waals surface area contributed by atoms with Gasteiger partial charge in [0.05, 0.1) is 18.8 Å². The summed E-state index contributed by atoms with van der Waals surface area (Å²) in [4.78, 5) is 24.3. The van der Waals surface area contributed by atoms with Crippen molar-refractivity contribution in [1.82, 2.24) is 0 Å². The van der Waals surface area contributed by atoms with Gasteiger partial charge in [0.1, 0.15) is 6.61 Å². The molecule has 7 heteroatoms. The van der Waals surface area contributed by atoms with Crippen LogP contribution in [0, 0.1) is 0 Å². The Morgan fingerprint density at radius 1 is 0.566 bits per heavy atom. The van der Waals surface area contributed by atoms with Crippen molar-refractivity contribution in [2.24, 2.45) is 0 Å². The topological polar surface area (TPSA) is 113 Å². The Balaban J connectivity index is 3.79. The van der Waals surface area contributed by atoms with Gasteiger partial charge in [-0.3, -0.25) is 9.59 Å². The summed E-state index contributed by atoms with van der Waals surface area (Å²) >= 11 is 0. The zero-order chi connectivity index (χ0) is 38.9. The number of aliphatic hydroxyl groups is 3. The van der Waals surface area contributed by atoms with Crippen LogP contribution in [0.1, 0.15) is 174 Å². The van der Waals surface area contributed by atoms with Crippen molar-refractivity contribution < 1.29 is 34.4 Å². The van der Waals surface area contributed by atoms with Gasteiger partial charge in [-0.15, -0.1) is 0 Å². The number of ether oxygens (including phenoxy) is 2. The Bertz CT molecular complexity index is 1010. The van der Waals surface area contributed by atoms with Gasteiger partial charge in [-0.2, -0.15) is 0 Å². The van der Waals surface area contributed by atoms with Crippen molar-refractivity contribution in [3.8, 4) is 0 Å². The molecule has 304 valence electrons. The van der Waals surface area contributed by atoms with Crippen LogP contribution in [0.3, 0.4) is 0 Å². The largest absolute Gasteiger partial charge is 0.462 e. The van der Waals surface area contributed by atoms with E-state index in [4.69, 9.17) is 9.47 Å². The lowest BCUT2D eigenvalue weighted by molar-refractivity contribution is -0.161. The highest BCUT2D eigenvalue weighted by molar-refractivity contribution is 5.70. The number of hydrogen-bond acceptors (Lipinski definition) is 7. The molecule has 0 amide bonds. The standard InChI is InChI=1S/C46H78O7/c1-3-5-7-8-9-10-11-12-13-14-15-16-17-18-19-23-26-32-38-45(50)52-41-44(40-47)53-46(51)39-33-27-31-37-43(49)36-30-25-22-20-21-24-29-35-42(48)34-28-6-4-2/h6,21-22,24-25,28-31,35-37,42-44,47-49H,3-5,7-20,23,26-27,32-34,38-41H2,1-2H3/b24-21-,25-22-,28-6-,35-29+,36-30+,37-31-/t42-,43-,44-/m0/s1. The van der Waals surface area contributed by atoms with Crippen LogP contribution in [0.4, 0.5) is 0 Å². The van der Waals surface area contributed by atoms with Crippen LogP contribution < -0.4 is 0 Å². The molecule has 0 saturated heterocycles. The molecule has 0 rings (SSSR count). The molecule has 0 heterocycles. The third-order valence-corrected chi connectivity index (χ3v) is 8.94. The lowest BCUT2D eigenvalue weighted by atomic mass is 10.0. The van der Waals surface area contributed by atoms with E-state index >= 15 is 0 Å². The fourth-order valence-corrected chi connectivity index (χ4v) is 5.71. The van der Waals surface area contributed by atoms with E-state index in [1.807, 2.05) is 48.6 Å². The smallest absolute Gasteiger partial charge is 0.306 e. The molecule has 0 unspecified atom stereocenters. The molecule has 0 saturated carbocycles. The van der Waals surface area contributed by atoms with E-state index in [-0.39, 0.29) is 19.0 Å². The summed E-state index contributed by atoms with van der Waals surface area (Å²) in [7, 11) is 0. The van der Waals surface area contributed by atoms with Gasteiger partial charge in [-0.25, -0.2) is 0 Å². The van der Waals surface area contributed by atoms with Crippen molar-refractivity contribution in [3.05, 3.63) is 72.9 Å². The lowest BCUT2D eigenvalue weighted by Gasteiger charge is -2.15. The van der Waals surface area contributed by atoms with E-state index in [9.17, 15) is 24.9 Å². The minimum Gasteiger partial charge on any atom is -0.462 e. The highest BCUT2D eigenvalue weighted by Gasteiger charge is 2.16. The molecule has 0 aliphatic heterocycles. The van der Waals surface area contributed by atoms with Gasteiger partial charge in [0.2, 0.25) is 0 Å². The van der Waals surface area contributed by atoms with Crippen molar-refractivity contribution in [2.45, 2.75) is 193 Å². The average Bonchev–Trinajstić information content (AvgIpc) is 3.15. The minimum atomic E-state index is -0.861. The molecule has 0 aliphatic carbocycles. The number of carbonyl (C=O) groups excluding carboxylic acids is 2. The zero-order valence-corrected chi connectivity index (χ0v) is 33.7. The second-order valence-electron chi connectivity index (χ2n) is 14.1. The van der Waals surface area contributed by atoms with Crippen LogP contribution in [0.5, 0.6) is 0 Å². The van der Waals surface area contributed by atoms with E-state index in [0.717, 1.165) is 32.1 Å². The Hall–Kier alpha value is -2.74. The van der Waals surface area contributed by atoms with E-state index in [1.54, 1.807) is 24.3 Å². The molecule has 3 N–H and O–H groups in total. The Kier molecular flexibility index (Phi) is 38.4. The summed E-state index contributed by atoms with van der Waals surface area (Å²) in [5.74, 6) is -0.774. The third-order valence-electron chi connectivity index (χ3n) is 8.94. The first-order valence-corrected chi connectivity index (χ1v) is 21.2. The maximum absolute atomic E-state index is 12.2. The van der Waals surface area contributed by atoms with Crippen LogP contribution in [0.25, 0.3) is 0 Å². The van der Waals surface area contributed by atoms with Gasteiger partial charge in [-0.1, -0.05) is 196 Å². The zero-order valence-electron chi connectivity index (χ0n) is 33.7. The van der Waals surface area contributed by atoms with Gasteiger partial charge in [0.15, 0.2) is 6.10 Å². The SMILES string of the molecule is CC/C=C\C[C@H](O)/C=C/C=C\C/C=C\C=C\[C@H](O)/C=C\CCCC(=O)O[C@@H](CO)COC(=O)CCCCCCCCCCCCCCCCCCCC. The number of rotatable bonds is 37. The first-order chi connectivity index (χ1) is 25.9. The summed E-state index contributed by atoms with van der Waals surface area (Å²) in [5.41, 5.74) is 0.